The van der Waals surface area contributed by atoms with Crippen molar-refractivity contribution < 1.29 is 13.2 Å². The quantitative estimate of drug-likeness (QED) is 0.550. The maximum atomic E-state index is 12.0. The fraction of sp³-hybridized carbons (Fsp3) is 0.300. The van der Waals surface area contributed by atoms with Crippen molar-refractivity contribution in [2.24, 2.45) is 11.7 Å². The number of amides is 1. The van der Waals surface area contributed by atoms with E-state index in [-0.39, 0.29) is 6.04 Å². The van der Waals surface area contributed by atoms with Crippen LogP contribution in [0.4, 0.5) is 11.4 Å². The minimum Gasteiger partial charge on any atom is -0.380 e. The molecule has 1 aromatic carbocycles. The van der Waals surface area contributed by atoms with E-state index in [4.69, 9.17) is 5.73 Å². The lowest BCUT2D eigenvalue weighted by Gasteiger charge is -2.17. The molecule has 1 saturated carbocycles. The van der Waals surface area contributed by atoms with E-state index in [2.05, 4.69) is 22.1 Å². The Labute approximate surface area is 169 Å². The van der Waals surface area contributed by atoms with E-state index in [1.165, 1.54) is 19.0 Å². The van der Waals surface area contributed by atoms with Gasteiger partial charge in [0.1, 0.15) is 0 Å². The number of benzene rings is 1. The molecule has 1 fully saturated rings. The molecule has 1 unspecified atom stereocenters. The summed E-state index contributed by atoms with van der Waals surface area (Å²) in [5.41, 5.74) is 9.49. The number of hydrogen-bond acceptors (Lipinski definition) is 5. The van der Waals surface area contributed by atoms with E-state index < -0.39 is 15.9 Å². The zero-order chi connectivity index (χ0) is 20.8. The minimum absolute atomic E-state index is 0.222. The molecule has 0 aliphatic heterocycles. The van der Waals surface area contributed by atoms with Crippen molar-refractivity contribution in [3.63, 3.8) is 0 Å². The molecule has 0 saturated heterocycles. The van der Waals surface area contributed by atoms with Gasteiger partial charge in [0.2, 0.25) is 10.0 Å². The molecule has 1 aliphatic carbocycles. The number of carbonyl (C=O) groups is 1. The Balaban J connectivity index is 1.77. The number of nitrogens with two attached hydrogens (primary N) is 1. The second kappa shape index (κ2) is 7.07. The SMILES string of the molecule is CC(Nc1c(C(N)=O)cnn2cc(-c3cccc(NS(C)(=O)=O)c3)cc12)C1CC1. The summed E-state index contributed by atoms with van der Waals surface area (Å²) < 4.78 is 27.2. The number of anilines is 2. The first-order chi connectivity index (χ1) is 13.7. The lowest BCUT2D eigenvalue weighted by Crippen LogP contribution is -2.22. The van der Waals surface area contributed by atoms with Crippen LogP contribution in [0, 0.1) is 5.92 Å². The van der Waals surface area contributed by atoms with Gasteiger partial charge in [-0.3, -0.25) is 9.52 Å². The second-order valence-corrected chi connectivity index (χ2v) is 9.33. The van der Waals surface area contributed by atoms with Crippen LogP contribution < -0.4 is 15.8 Å². The fourth-order valence-electron chi connectivity index (χ4n) is 3.47. The van der Waals surface area contributed by atoms with Crippen LogP contribution in [-0.2, 0) is 10.0 Å². The number of primary amides is 1. The van der Waals surface area contributed by atoms with E-state index in [0.29, 0.717) is 22.9 Å². The van der Waals surface area contributed by atoms with Crippen LogP contribution in [0.15, 0.2) is 42.7 Å². The van der Waals surface area contributed by atoms with Crippen LogP contribution in [-0.4, -0.2) is 36.2 Å². The van der Waals surface area contributed by atoms with Crippen LogP contribution >= 0.6 is 0 Å². The topological polar surface area (TPSA) is 119 Å². The lowest BCUT2D eigenvalue weighted by molar-refractivity contribution is 0.100. The van der Waals surface area contributed by atoms with Gasteiger partial charge in [-0.2, -0.15) is 5.10 Å². The number of nitrogens with zero attached hydrogens (tertiary/aromatic N) is 2. The normalized spacial score (nSPS) is 15.2. The van der Waals surface area contributed by atoms with Gasteiger partial charge in [-0.1, -0.05) is 12.1 Å². The maximum absolute atomic E-state index is 12.0. The number of sulfonamides is 1. The second-order valence-electron chi connectivity index (χ2n) is 7.58. The highest BCUT2D eigenvalue weighted by Crippen LogP contribution is 2.36. The van der Waals surface area contributed by atoms with E-state index in [9.17, 15) is 13.2 Å². The van der Waals surface area contributed by atoms with Gasteiger partial charge in [0.25, 0.3) is 5.91 Å². The van der Waals surface area contributed by atoms with Crippen LogP contribution in [0.25, 0.3) is 16.6 Å². The fourth-order valence-corrected chi connectivity index (χ4v) is 4.03. The Hall–Kier alpha value is -3.07. The summed E-state index contributed by atoms with van der Waals surface area (Å²) in [6.45, 7) is 2.10. The number of nitrogens with one attached hydrogen (secondary N) is 2. The minimum atomic E-state index is -3.37. The zero-order valence-corrected chi connectivity index (χ0v) is 17.0. The van der Waals surface area contributed by atoms with Crippen molar-refractivity contribution in [2.75, 3.05) is 16.3 Å². The van der Waals surface area contributed by atoms with Gasteiger partial charge in [-0.05, 0) is 49.4 Å². The van der Waals surface area contributed by atoms with Gasteiger partial charge in [0.15, 0.2) is 0 Å². The molecule has 8 nitrogen and oxygen atoms in total. The molecular formula is C20H23N5O3S. The predicted molar refractivity (Wildman–Crippen MR) is 113 cm³/mol. The highest BCUT2D eigenvalue weighted by molar-refractivity contribution is 7.92. The summed E-state index contributed by atoms with van der Waals surface area (Å²) >= 11 is 0. The van der Waals surface area contributed by atoms with Gasteiger partial charge in [-0.25, -0.2) is 12.9 Å². The molecule has 2 aromatic heterocycles. The summed E-state index contributed by atoms with van der Waals surface area (Å²) in [4.78, 5) is 12.0. The Morgan fingerprint density at radius 3 is 2.69 bits per heavy atom. The first kappa shape index (κ1) is 19.3. The average Bonchev–Trinajstić information content (AvgIpc) is 3.39. The number of rotatable bonds is 7. The van der Waals surface area contributed by atoms with E-state index >= 15 is 0 Å². The van der Waals surface area contributed by atoms with Gasteiger partial charge < -0.3 is 11.1 Å². The van der Waals surface area contributed by atoms with Crippen LogP contribution in [0.1, 0.15) is 30.1 Å². The summed E-state index contributed by atoms with van der Waals surface area (Å²) in [5.74, 6) is 0.0599. The van der Waals surface area contributed by atoms with E-state index in [1.54, 1.807) is 22.7 Å². The van der Waals surface area contributed by atoms with Crippen molar-refractivity contribution in [3.05, 3.63) is 48.3 Å². The van der Waals surface area contributed by atoms with E-state index in [0.717, 1.165) is 22.9 Å². The smallest absolute Gasteiger partial charge is 0.252 e. The zero-order valence-electron chi connectivity index (χ0n) is 16.2. The number of hydrogen-bond donors (Lipinski definition) is 3. The van der Waals surface area contributed by atoms with Crippen LogP contribution in [0.2, 0.25) is 0 Å². The van der Waals surface area contributed by atoms with Gasteiger partial charge in [-0.15, -0.1) is 0 Å². The Kier molecular flexibility index (Phi) is 4.70. The molecule has 152 valence electrons. The highest BCUT2D eigenvalue weighted by atomic mass is 32.2. The Bertz CT molecular complexity index is 1200. The first-order valence-electron chi connectivity index (χ1n) is 9.37. The summed E-state index contributed by atoms with van der Waals surface area (Å²) in [7, 11) is -3.37. The summed E-state index contributed by atoms with van der Waals surface area (Å²) in [6.07, 6.45) is 6.78. The average molecular weight is 414 g/mol. The van der Waals surface area contributed by atoms with Crippen molar-refractivity contribution in [3.8, 4) is 11.1 Å². The molecule has 0 bridgehead atoms. The van der Waals surface area contributed by atoms with Crippen molar-refractivity contribution in [2.45, 2.75) is 25.8 Å². The molecule has 1 amide bonds. The molecule has 9 heteroatoms. The standard InChI is InChI=1S/C20H23N5O3S/c1-12(13-6-7-13)23-19-17(20(21)26)10-22-25-11-15(9-18(19)25)14-4-3-5-16(8-14)24-29(2,27)28/h3-5,8-13,23-24H,6-7H2,1-2H3,(H2,21,26). The molecule has 2 heterocycles. The monoisotopic (exact) mass is 413 g/mol. The highest BCUT2D eigenvalue weighted by Gasteiger charge is 2.29. The van der Waals surface area contributed by atoms with Crippen molar-refractivity contribution in [1.29, 1.82) is 0 Å². The third-order valence-corrected chi connectivity index (χ3v) is 5.71. The van der Waals surface area contributed by atoms with Gasteiger partial charge in [0, 0.05) is 23.5 Å². The number of aromatic nitrogens is 2. The largest absolute Gasteiger partial charge is 0.380 e. The molecule has 3 aromatic rings. The molecule has 0 spiro atoms. The molecule has 4 N–H and O–H groups in total. The molecule has 29 heavy (non-hydrogen) atoms. The van der Waals surface area contributed by atoms with Gasteiger partial charge in [0.05, 0.1) is 29.2 Å². The Morgan fingerprint density at radius 2 is 2.03 bits per heavy atom. The maximum Gasteiger partial charge on any atom is 0.252 e. The number of fused-ring (bicyclic) bond motifs is 1. The predicted octanol–water partition coefficient (Wildman–Crippen LogP) is 2.68. The molecule has 1 aliphatic rings. The third kappa shape index (κ3) is 4.19. The molecule has 4 rings (SSSR count). The summed E-state index contributed by atoms with van der Waals surface area (Å²) in [5, 5.41) is 7.77. The van der Waals surface area contributed by atoms with E-state index in [1.807, 2.05) is 18.3 Å². The number of carbonyl (C=O) groups excluding carboxylic acids is 1. The van der Waals surface area contributed by atoms with Gasteiger partial charge >= 0.3 is 0 Å². The van der Waals surface area contributed by atoms with Crippen LogP contribution in [0.3, 0.4) is 0 Å². The van der Waals surface area contributed by atoms with Crippen molar-refractivity contribution >= 4 is 32.8 Å². The Morgan fingerprint density at radius 1 is 1.28 bits per heavy atom. The lowest BCUT2D eigenvalue weighted by atomic mass is 10.1. The molecule has 0 radical (unpaired) electrons. The molecule has 1 atom stereocenters. The van der Waals surface area contributed by atoms with Crippen molar-refractivity contribution in [1.82, 2.24) is 9.61 Å². The first-order valence-corrected chi connectivity index (χ1v) is 11.3. The van der Waals surface area contributed by atoms with Crippen LogP contribution in [0.5, 0.6) is 0 Å². The third-order valence-electron chi connectivity index (χ3n) is 5.10. The molecular weight excluding hydrogens is 390 g/mol. The summed E-state index contributed by atoms with van der Waals surface area (Å²) in [6, 6.07) is 9.25.